The molecule has 1 saturated carbocycles. The number of para-hydroxylation sites is 1. The Hall–Kier alpha value is -1.55. The molecule has 1 aliphatic heterocycles. The van der Waals surface area contributed by atoms with E-state index in [1.54, 1.807) is 7.11 Å². The van der Waals surface area contributed by atoms with Crippen LogP contribution in [-0.2, 0) is 11.3 Å². The number of methoxy groups -OCH3 is 1. The fourth-order valence-electron chi connectivity index (χ4n) is 3.16. The second kappa shape index (κ2) is 5.68. The number of ether oxygens (including phenoxy) is 1. The van der Waals surface area contributed by atoms with Gasteiger partial charge in [-0.15, -0.1) is 0 Å². The quantitative estimate of drug-likeness (QED) is 0.904. The van der Waals surface area contributed by atoms with E-state index in [1.165, 1.54) is 0 Å². The normalized spacial score (nSPS) is 24.9. The van der Waals surface area contributed by atoms with Crippen LogP contribution in [0.1, 0.15) is 38.2 Å². The van der Waals surface area contributed by atoms with Crippen molar-refractivity contribution in [1.29, 1.82) is 0 Å². The number of hydrogen-bond acceptors (Lipinski definition) is 3. The summed E-state index contributed by atoms with van der Waals surface area (Å²) in [5, 5.41) is 3.39. The zero-order valence-corrected chi connectivity index (χ0v) is 12.9. The molecular weight excluding hydrogens is 264 g/mol. The summed E-state index contributed by atoms with van der Waals surface area (Å²) in [5.74, 6) is 1.11. The van der Waals surface area contributed by atoms with E-state index in [-0.39, 0.29) is 11.4 Å². The Morgan fingerprint density at radius 3 is 2.81 bits per heavy atom. The van der Waals surface area contributed by atoms with Gasteiger partial charge in [0.2, 0.25) is 5.91 Å². The summed E-state index contributed by atoms with van der Waals surface area (Å²) < 4.78 is 5.42. The van der Waals surface area contributed by atoms with Crippen molar-refractivity contribution in [2.45, 2.75) is 50.7 Å². The third-order valence-corrected chi connectivity index (χ3v) is 4.62. The number of hydrogen-bond donors (Lipinski definition) is 1. The van der Waals surface area contributed by atoms with E-state index >= 15 is 0 Å². The van der Waals surface area contributed by atoms with E-state index in [0.717, 1.165) is 43.5 Å². The van der Waals surface area contributed by atoms with E-state index < -0.39 is 0 Å². The van der Waals surface area contributed by atoms with Gasteiger partial charge in [0, 0.05) is 18.2 Å². The van der Waals surface area contributed by atoms with Crippen molar-refractivity contribution < 1.29 is 9.53 Å². The van der Waals surface area contributed by atoms with Gasteiger partial charge in [-0.3, -0.25) is 4.79 Å². The summed E-state index contributed by atoms with van der Waals surface area (Å²) >= 11 is 0. The second-order valence-electron chi connectivity index (χ2n) is 6.34. The smallest absolute Gasteiger partial charge is 0.243 e. The predicted molar refractivity (Wildman–Crippen MR) is 82.2 cm³/mol. The molecule has 1 aromatic carbocycles. The second-order valence-corrected chi connectivity index (χ2v) is 6.34. The van der Waals surface area contributed by atoms with Crippen LogP contribution in [0.5, 0.6) is 5.75 Å². The largest absolute Gasteiger partial charge is 0.496 e. The SMILES string of the molecule is COc1ccccc1CN(C(=O)C1(C)CCCN1)C1CC1. The number of amides is 1. The molecule has 4 heteroatoms. The number of nitrogens with zero attached hydrogens (tertiary/aromatic N) is 1. The molecule has 2 aliphatic rings. The van der Waals surface area contributed by atoms with E-state index in [2.05, 4.69) is 10.2 Å². The Morgan fingerprint density at radius 1 is 1.43 bits per heavy atom. The standard InChI is InChI=1S/C17H24N2O2/c1-17(10-5-11-18-17)16(20)19(14-8-9-14)12-13-6-3-4-7-15(13)21-2/h3-4,6-7,14,18H,5,8-12H2,1-2H3. The van der Waals surface area contributed by atoms with Crippen molar-refractivity contribution in [3.63, 3.8) is 0 Å². The lowest BCUT2D eigenvalue weighted by Crippen LogP contribution is -2.53. The van der Waals surface area contributed by atoms with E-state index in [9.17, 15) is 4.79 Å². The van der Waals surface area contributed by atoms with Crippen LogP contribution >= 0.6 is 0 Å². The highest BCUT2D eigenvalue weighted by atomic mass is 16.5. The molecule has 1 aromatic rings. The van der Waals surface area contributed by atoms with Gasteiger partial charge < -0.3 is 15.0 Å². The first kappa shape index (κ1) is 14.4. The van der Waals surface area contributed by atoms with Crippen LogP contribution in [0.25, 0.3) is 0 Å². The minimum atomic E-state index is -0.384. The Balaban J connectivity index is 1.80. The monoisotopic (exact) mass is 288 g/mol. The van der Waals surface area contributed by atoms with Crippen LogP contribution in [0.2, 0.25) is 0 Å². The summed E-state index contributed by atoms with van der Waals surface area (Å²) in [6, 6.07) is 8.38. The molecule has 21 heavy (non-hydrogen) atoms. The first-order valence-electron chi connectivity index (χ1n) is 7.82. The fourth-order valence-corrected chi connectivity index (χ4v) is 3.16. The van der Waals surface area contributed by atoms with Gasteiger partial charge in [0.05, 0.1) is 12.6 Å². The lowest BCUT2D eigenvalue weighted by atomic mass is 9.98. The Morgan fingerprint density at radius 2 is 2.19 bits per heavy atom. The molecule has 0 bridgehead atoms. The maximum Gasteiger partial charge on any atom is 0.243 e. The Labute approximate surface area is 126 Å². The summed E-state index contributed by atoms with van der Waals surface area (Å²) in [6.07, 6.45) is 4.25. The zero-order valence-electron chi connectivity index (χ0n) is 12.9. The number of rotatable bonds is 5. The van der Waals surface area contributed by atoms with Crippen molar-refractivity contribution in [3.8, 4) is 5.75 Å². The molecule has 3 rings (SSSR count). The summed E-state index contributed by atoms with van der Waals surface area (Å²) in [4.78, 5) is 15.0. The predicted octanol–water partition coefficient (Wildman–Crippen LogP) is 2.33. The van der Waals surface area contributed by atoms with Crippen molar-refractivity contribution >= 4 is 5.91 Å². The van der Waals surface area contributed by atoms with Crippen LogP contribution in [-0.4, -0.2) is 36.0 Å². The van der Waals surface area contributed by atoms with Crippen molar-refractivity contribution in [3.05, 3.63) is 29.8 Å². The number of carbonyl (C=O) groups is 1. The highest BCUT2D eigenvalue weighted by Gasteiger charge is 2.43. The molecule has 1 N–H and O–H groups in total. The Kier molecular flexibility index (Phi) is 3.89. The first-order valence-corrected chi connectivity index (χ1v) is 7.82. The lowest BCUT2D eigenvalue weighted by Gasteiger charge is -2.32. The van der Waals surface area contributed by atoms with Gasteiger partial charge >= 0.3 is 0 Å². The fraction of sp³-hybridized carbons (Fsp3) is 0.588. The molecule has 0 radical (unpaired) electrons. The van der Waals surface area contributed by atoms with Gasteiger partial charge in [0.25, 0.3) is 0 Å². The minimum Gasteiger partial charge on any atom is -0.496 e. The molecule has 1 saturated heterocycles. The molecular formula is C17H24N2O2. The molecule has 1 aliphatic carbocycles. The molecule has 1 unspecified atom stereocenters. The molecule has 1 heterocycles. The van der Waals surface area contributed by atoms with E-state index in [1.807, 2.05) is 31.2 Å². The van der Waals surface area contributed by atoms with Crippen molar-refractivity contribution in [2.24, 2.45) is 0 Å². The molecule has 0 aromatic heterocycles. The topological polar surface area (TPSA) is 41.6 Å². The average molecular weight is 288 g/mol. The zero-order chi connectivity index (χ0) is 14.9. The van der Waals surface area contributed by atoms with Crippen LogP contribution in [0.4, 0.5) is 0 Å². The van der Waals surface area contributed by atoms with Gasteiger partial charge in [-0.2, -0.15) is 0 Å². The van der Waals surface area contributed by atoms with Gasteiger partial charge in [0.1, 0.15) is 5.75 Å². The van der Waals surface area contributed by atoms with Crippen molar-refractivity contribution in [2.75, 3.05) is 13.7 Å². The summed E-state index contributed by atoms with van der Waals surface area (Å²) in [7, 11) is 1.68. The van der Waals surface area contributed by atoms with Gasteiger partial charge in [-0.05, 0) is 45.2 Å². The average Bonchev–Trinajstić information content (AvgIpc) is 3.25. The molecule has 0 spiro atoms. The summed E-state index contributed by atoms with van der Waals surface area (Å²) in [6.45, 7) is 3.63. The maximum absolute atomic E-state index is 13.0. The van der Waals surface area contributed by atoms with Crippen molar-refractivity contribution in [1.82, 2.24) is 10.2 Å². The summed E-state index contributed by atoms with van der Waals surface area (Å²) in [5.41, 5.74) is 0.701. The lowest BCUT2D eigenvalue weighted by molar-refractivity contribution is -0.138. The number of carbonyl (C=O) groups excluding carboxylic acids is 1. The van der Waals surface area contributed by atoms with Gasteiger partial charge in [-0.25, -0.2) is 0 Å². The van der Waals surface area contributed by atoms with Crippen LogP contribution in [0, 0.1) is 0 Å². The number of benzene rings is 1. The van der Waals surface area contributed by atoms with Crippen LogP contribution in [0.3, 0.4) is 0 Å². The van der Waals surface area contributed by atoms with Gasteiger partial charge in [-0.1, -0.05) is 18.2 Å². The Bertz CT molecular complexity index is 519. The van der Waals surface area contributed by atoms with E-state index in [0.29, 0.717) is 12.6 Å². The molecule has 4 nitrogen and oxygen atoms in total. The van der Waals surface area contributed by atoms with Crippen LogP contribution < -0.4 is 10.1 Å². The van der Waals surface area contributed by atoms with E-state index in [4.69, 9.17) is 4.74 Å². The van der Waals surface area contributed by atoms with Gasteiger partial charge in [0.15, 0.2) is 0 Å². The molecule has 1 atom stereocenters. The first-order chi connectivity index (χ1) is 10.1. The van der Waals surface area contributed by atoms with Crippen LogP contribution in [0.15, 0.2) is 24.3 Å². The third-order valence-electron chi connectivity index (χ3n) is 4.62. The highest BCUT2D eigenvalue weighted by Crippen LogP contribution is 2.33. The maximum atomic E-state index is 13.0. The minimum absolute atomic E-state index is 0.244. The highest BCUT2D eigenvalue weighted by molar-refractivity contribution is 5.87. The number of nitrogens with one attached hydrogen (secondary N) is 1. The molecule has 114 valence electrons. The molecule has 1 amide bonds. The third kappa shape index (κ3) is 2.91. The molecule has 2 fully saturated rings.